The molecule has 0 bridgehead atoms. The molecule has 0 heterocycles. The number of nitrogens with two attached hydrogens (primary N) is 1. The summed E-state index contributed by atoms with van der Waals surface area (Å²) in [6.07, 6.45) is 0.568. The van der Waals surface area contributed by atoms with Crippen LogP contribution in [0.1, 0.15) is 38.7 Å². The molecule has 0 spiro atoms. The Hall–Kier alpha value is -4.03. The molecule has 0 aliphatic rings. The topological polar surface area (TPSA) is 258 Å². The number of benzene rings is 1. The molecule has 276 valence electrons. The number of primary amides is 1. The van der Waals surface area contributed by atoms with Crippen LogP contribution in [-0.4, -0.2) is 120 Å². The minimum atomic E-state index is -0.965. The first-order valence-corrected chi connectivity index (χ1v) is 16.2. The van der Waals surface area contributed by atoms with Crippen molar-refractivity contribution < 1.29 is 48.0 Å². The molecule has 0 saturated carbocycles. The fraction of sp³-hybridized carbons (Fsp3) is 0.677. The average molecular weight is 697 g/mol. The van der Waals surface area contributed by atoms with Crippen LogP contribution >= 0.6 is 0 Å². The first-order valence-electron chi connectivity index (χ1n) is 16.2. The molecular formula is C31H52N8O10. The third-order valence-electron chi connectivity index (χ3n) is 6.63. The summed E-state index contributed by atoms with van der Waals surface area (Å²) in [6, 6.07) is 4.02. The Labute approximate surface area is 286 Å². The van der Waals surface area contributed by atoms with Gasteiger partial charge >= 0.3 is 6.03 Å². The predicted molar refractivity (Wildman–Crippen MR) is 179 cm³/mol. The van der Waals surface area contributed by atoms with Crippen LogP contribution in [-0.2, 0) is 44.7 Å². The summed E-state index contributed by atoms with van der Waals surface area (Å²) < 4.78 is 26.9. The Balaban J connectivity index is 2.35. The molecule has 1 aromatic carbocycles. The Morgan fingerprint density at radius 2 is 1.39 bits per heavy atom. The van der Waals surface area contributed by atoms with Gasteiger partial charge < -0.3 is 55.8 Å². The van der Waals surface area contributed by atoms with E-state index in [2.05, 4.69) is 31.3 Å². The number of carbonyl (C=O) groups is 4. The van der Waals surface area contributed by atoms with Crippen molar-refractivity contribution >= 4 is 29.4 Å². The van der Waals surface area contributed by atoms with Crippen molar-refractivity contribution in [2.75, 3.05) is 84.5 Å². The van der Waals surface area contributed by atoms with E-state index in [0.29, 0.717) is 70.5 Å². The second-order valence-electron chi connectivity index (χ2n) is 10.9. The van der Waals surface area contributed by atoms with Crippen molar-refractivity contribution in [3.63, 3.8) is 0 Å². The Bertz CT molecular complexity index is 1140. The molecule has 7 N–H and O–H groups in total. The smallest absolute Gasteiger partial charge is 0.312 e. The van der Waals surface area contributed by atoms with Crippen LogP contribution in [0.15, 0.2) is 29.4 Å². The Morgan fingerprint density at radius 1 is 0.837 bits per heavy atom. The lowest BCUT2D eigenvalue weighted by Crippen LogP contribution is -2.54. The zero-order chi connectivity index (χ0) is 36.1. The molecule has 0 saturated heterocycles. The Kier molecular flexibility index (Phi) is 24.5. The first kappa shape index (κ1) is 43.0. The van der Waals surface area contributed by atoms with Crippen molar-refractivity contribution in [2.24, 2.45) is 16.8 Å². The lowest BCUT2D eigenvalue weighted by molar-refractivity contribution is -0.132. The second kappa shape index (κ2) is 27.9. The third-order valence-corrected chi connectivity index (χ3v) is 6.63. The number of rotatable bonds is 29. The summed E-state index contributed by atoms with van der Waals surface area (Å²) in [6.45, 7) is 7.37. The van der Waals surface area contributed by atoms with E-state index in [1.165, 1.54) is 0 Å². The molecule has 2 atom stereocenters. The number of amides is 5. The molecule has 0 unspecified atom stereocenters. The number of aliphatic hydroxyl groups is 1. The van der Waals surface area contributed by atoms with E-state index in [-0.39, 0.29) is 57.6 Å². The minimum Gasteiger partial charge on any atom is -0.392 e. The average Bonchev–Trinajstić information content (AvgIpc) is 3.07. The number of aliphatic hydroxyl groups excluding tert-OH is 1. The van der Waals surface area contributed by atoms with Crippen LogP contribution in [0.5, 0.6) is 0 Å². The summed E-state index contributed by atoms with van der Waals surface area (Å²) in [5.74, 6) is -1.68. The lowest BCUT2D eigenvalue weighted by atomic mass is 10.0. The van der Waals surface area contributed by atoms with Gasteiger partial charge in [-0.15, -0.1) is 0 Å². The van der Waals surface area contributed by atoms with Crippen LogP contribution in [0.4, 0.5) is 10.5 Å². The molecule has 49 heavy (non-hydrogen) atoms. The van der Waals surface area contributed by atoms with Gasteiger partial charge in [-0.3, -0.25) is 14.4 Å². The summed E-state index contributed by atoms with van der Waals surface area (Å²) in [4.78, 5) is 52.6. The normalized spacial score (nSPS) is 12.1. The SMILES string of the molecule is CC(C)[C@H](NC(=O)CCOCCOCCOCCOCCOCCN=[N+]=[N-])C(=O)N[C@@H](CCCNC(N)=O)C(=O)Nc1ccc(CO)cc1. The van der Waals surface area contributed by atoms with E-state index in [0.717, 1.165) is 0 Å². The zero-order valence-electron chi connectivity index (χ0n) is 28.4. The van der Waals surface area contributed by atoms with Gasteiger partial charge in [0.15, 0.2) is 0 Å². The van der Waals surface area contributed by atoms with Gasteiger partial charge in [0, 0.05) is 30.1 Å². The largest absolute Gasteiger partial charge is 0.392 e. The number of hydrogen-bond acceptors (Lipinski definition) is 11. The number of nitrogens with one attached hydrogen (secondary N) is 4. The zero-order valence-corrected chi connectivity index (χ0v) is 28.4. The second-order valence-corrected chi connectivity index (χ2v) is 10.9. The number of nitrogens with zero attached hydrogens (tertiary/aromatic N) is 3. The van der Waals surface area contributed by atoms with Crippen molar-refractivity contribution in [1.29, 1.82) is 0 Å². The van der Waals surface area contributed by atoms with Crippen LogP contribution in [0.25, 0.3) is 10.4 Å². The van der Waals surface area contributed by atoms with E-state index in [1.807, 2.05) is 0 Å². The molecule has 0 aliphatic heterocycles. The summed E-state index contributed by atoms with van der Waals surface area (Å²) >= 11 is 0. The molecule has 1 aromatic rings. The maximum absolute atomic E-state index is 13.2. The summed E-state index contributed by atoms with van der Waals surface area (Å²) in [7, 11) is 0. The standard InChI is InChI=1S/C31H52N8O10/c1-23(2)28(30(43)37-26(4-3-10-34-31(32)44)29(42)36-25-7-5-24(22-40)6-8-25)38-27(41)9-12-45-14-16-47-18-20-49-21-19-48-17-15-46-13-11-35-39-33/h5-8,23,26,28,40H,3-4,9-22H2,1-2H3,(H,36,42)(H,37,43)(H,38,41)(H3,32,34,44)/t26-,28-/m0/s1. The number of ether oxygens (including phenoxy) is 5. The van der Waals surface area contributed by atoms with Crippen molar-refractivity contribution in [3.05, 3.63) is 40.3 Å². The predicted octanol–water partition coefficient (Wildman–Crippen LogP) is 0.975. The van der Waals surface area contributed by atoms with Crippen molar-refractivity contribution in [3.8, 4) is 0 Å². The van der Waals surface area contributed by atoms with Crippen LogP contribution in [0.2, 0.25) is 0 Å². The van der Waals surface area contributed by atoms with Crippen LogP contribution < -0.4 is 27.0 Å². The van der Waals surface area contributed by atoms with E-state index in [1.54, 1.807) is 38.1 Å². The Morgan fingerprint density at radius 3 is 1.90 bits per heavy atom. The number of urea groups is 1. The lowest BCUT2D eigenvalue weighted by Gasteiger charge is -2.25. The van der Waals surface area contributed by atoms with E-state index >= 15 is 0 Å². The molecule has 5 amide bonds. The maximum atomic E-state index is 13.2. The highest BCUT2D eigenvalue weighted by atomic mass is 16.6. The molecule has 0 fully saturated rings. The molecular weight excluding hydrogens is 644 g/mol. The number of hydrogen-bond donors (Lipinski definition) is 6. The molecule has 18 nitrogen and oxygen atoms in total. The van der Waals surface area contributed by atoms with Gasteiger partial charge in [-0.05, 0) is 42.0 Å². The monoisotopic (exact) mass is 696 g/mol. The van der Waals surface area contributed by atoms with Crippen molar-refractivity contribution in [2.45, 2.75) is 51.8 Å². The number of carbonyl (C=O) groups excluding carboxylic acids is 4. The van der Waals surface area contributed by atoms with E-state index < -0.39 is 29.9 Å². The van der Waals surface area contributed by atoms with Gasteiger partial charge in [-0.25, -0.2) is 4.79 Å². The summed E-state index contributed by atoms with van der Waals surface area (Å²) in [5, 5.41) is 23.3. The highest BCUT2D eigenvalue weighted by molar-refractivity contribution is 5.98. The van der Waals surface area contributed by atoms with E-state index in [9.17, 15) is 24.3 Å². The fourth-order valence-corrected chi connectivity index (χ4v) is 4.05. The van der Waals surface area contributed by atoms with Gasteiger partial charge in [0.25, 0.3) is 0 Å². The van der Waals surface area contributed by atoms with E-state index in [4.69, 9.17) is 34.9 Å². The molecule has 18 heteroatoms. The van der Waals surface area contributed by atoms with Gasteiger partial charge in [-0.2, -0.15) is 0 Å². The first-order chi connectivity index (χ1) is 23.7. The van der Waals surface area contributed by atoms with Crippen LogP contribution in [0, 0.1) is 5.92 Å². The van der Waals surface area contributed by atoms with Gasteiger partial charge in [0.2, 0.25) is 17.7 Å². The number of anilines is 1. The molecule has 0 radical (unpaired) electrons. The minimum absolute atomic E-state index is 0.0188. The highest BCUT2D eigenvalue weighted by Gasteiger charge is 2.28. The fourth-order valence-electron chi connectivity index (χ4n) is 4.05. The quantitative estimate of drug-likeness (QED) is 0.0299. The van der Waals surface area contributed by atoms with Gasteiger partial charge in [0.1, 0.15) is 12.1 Å². The maximum Gasteiger partial charge on any atom is 0.312 e. The summed E-state index contributed by atoms with van der Waals surface area (Å²) in [5.41, 5.74) is 14.4. The molecule has 0 aliphatic carbocycles. The molecule has 0 aromatic heterocycles. The molecule has 1 rings (SSSR count). The van der Waals surface area contributed by atoms with Crippen molar-refractivity contribution in [1.82, 2.24) is 16.0 Å². The third kappa shape index (κ3) is 22.3. The number of azide groups is 1. The van der Waals surface area contributed by atoms with Gasteiger partial charge in [0.05, 0.1) is 72.7 Å². The van der Waals surface area contributed by atoms with Gasteiger partial charge in [-0.1, -0.05) is 31.1 Å². The highest BCUT2D eigenvalue weighted by Crippen LogP contribution is 2.12. The van der Waals surface area contributed by atoms with Crippen LogP contribution in [0.3, 0.4) is 0 Å².